The Bertz CT molecular complexity index is 1850. The topological polar surface area (TPSA) is 73.3 Å². The van der Waals surface area contributed by atoms with E-state index < -0.39 is 0 Å². The predicted octanol–water partition coefficient (Wildman–Crippen LogP) is 4.18. The first kappa shape index (κ1) is 25.2. The van der Waals surface area contributed by atoms with Crippen molar-refractivity contribution in [2.75, 3.05) is 13.2 Å². The molecule has 0 saturated carbocycles. The number of H-pyrrole nitrogens is 1. The van der Waals surface area contributed by atoms with Gasteiger partial charge in [-0.1, -0.05) is 30.8 Å². The minimum absolute atomic E-state index is 0.130. The summed E-state index contributed by atoms with van der Waals surface area (Å²) in [6.45, 7) is 6.02. The average Bonchev–Trinajstić information content (AvgIpc) is 3.27. The van der Waals surface area contributed by atoms with E-state index in [0.29, 0.717) is 31.6 Å². The molecule has 0 amide bonds. The second-order valence-corrected chi connectivity index (χ2v) is 9.85. The molecule has 192 valence electrons. The summed E-state index contributed by atoms with van der Waals surface area (Å²) in [4.78, 5) is 28.1. The SMILES string of the molecule is C=c1[nH]c(=O)/c(=C(/C)c2ccc(OCCOc3c(-c4ccc(F)cc4)n(C)c4ccccc4c3=O)cc2)s1. The van der Waals surface area contributed by atoms with Crippen molar-refractivity contribution in [1.82, 2.24) is 9.55 Å². The number of halogens is 1. The summed E-state index contributed by atoms with van der Waals surface area (Å²) in [5.74, 6) is 0.463. The number of thiazole rings is 1. The quantitative estimate of drug-likeness (QED) is 0.322. The van der Waals surface area contributed by atoms with E-state index in [-0.39, 0.29) is 35.8 Å². The van der Waals surface area contributed by atoms with Gasteiger partial charge in [-0.2, -0.15) is 0 Å². The highest BCUT2D eigenvalue weighted by molar-refractivity contribution is 7.07. The van der Waals surface area contributed by atoms with Gasteiger partial charge in [0.25, 0.3) is 5.56 Å². The molecule has 0 atom stereocenters. The molecule has 0 spiro atoms. The van der Waals surface area contributed by atoms with E-state index in [1.165, 1.54) is 23.5 Å². The Hall–Kier alpha value is -4.43. The molecule has 0 aliphatic carbocycles. The lowest BCUT2D eigenvalue weighted by Crippen LogP contribution is -2.22. The van der Waals surface area contributed by atoms with Crippen LogP contribution < -0.4 is 29.7 Å². The number of ether oxygens (including phenoxy) is 2. The van der Waals surface area contributed by atoms with E-state index in [4.69, 9.17) is 9.47 Å². The molecule has 38 heavy (non-hydrogen) atoms. The summed E-state index contributed by atoms with van der Waals surface area (Å²) in [6.07, 6.45) is 0. The smallest absolute Gasteiger partial charge is 0.266 e. The number of aryl methyl sites for hydroxylation is 1. The normalized spacial score (nSPS) is 12.0. The lowest BCUT2D eigenvalue weighted by Gasteiger charge is -2.18. The van der Waals surface area contributed by atoms with Gasteiger partial charge in [0.1, 0.15) is 24.8 Å². The summed E-state index contributed by atoms with van der Waals surface area (Å²) in [5, 5.41) is 0.537. The Morgan fingerprint density at radius 2 is 1.66 bits per heavy atom. The van der Waals surface area contributed by atoms with Crippen LogP contribution in [-0.4, -0.2) is 22.8 Å². The van der Waals surface area contributed by atoms with Crippen LogP contribution in [0.15, 0.2) is 82.4 Å². The number of para-hydroxylation sites is 1. The van der Waals surface area contributed by atoms with Crippen LogP contribution in [-0.2, 0) is 7.05 Å². The van der Waals surface area contributed by atoms with E-state index in [2.05, 4.69) is 11.6 Å². The Morgan fingerprint density at radius 1 is 0.974 bits per heavy atom. The molecular formula is C30H25FN2O4S. The third kappa shape index (κ3) is 4.90. The van der Waals surface area contributed by atoms with Gasteiger partial charge in [0.05, 0.1) is 20.4 Å². The van der Waals surface area contributed by atoms with Crippen molar-refractivity contribution in [2.45, 2.75) is 6.92 Å². The Kier molecular flexibility index (Phi) is 6.98. The minimum atomic E-state index is -0.358. The molecule has 0 fully saturated rings. The Morgan fingerprint density at radius 3 is 2.34 bits per heavy atom. The number of aromatic amines is 1. The summed E-state index contributed by atoms with van der Waals surface area (Å²) in [7, 11) is 1.85. The Balaban J connectivity index is 1.36. The summed E-state index contributed by atoms with van der Waals surface area (Å²) in [5.41, 5.74) is 3.38. The van der Waals surface area contributed by atoms with E-state index in [1.807, 2.05) is 61.0 Å². The standard InChI is InChI=1S/C30H25FN2O4S/c1-18(29-30(35)32-19(2)38-29)20-10-14-23(15-11-20)36-16-17-37-28-26(21-8-12-22(31)13-9-21)33(3)25-7-5-4-6-24(25)27(28)34/h4-15H,2,16-17H2,1,3H3,(H,32,35)/b29-18+. The fourth-order valence-electron chi connectivity index (χ4n) is 4.39. The maximum atomic E-state index is 13.6. The van der Waals surface area contributed by atoms with Gasteiger partial charge in [-0.3, -0.25) is 9.59 Å². The maximum absolute atomic E-state index is 13.6. The van der Waals surface area contributed by atoms with Gasteiger partial charge in [-0.05, 0) is 66.6 Å². The summed E-state index contributed by atoms with van der Waals surface area (Å²) in [6, 6.07) is 20.7. The number of pyridine rings is 1. The van der Waals surface area contributed by atoms with Gasteiger partial charge >= 0.3 is 0 Å². The molecule has 0 saturated heterocycles. The van der Waals surface area contributed by atoms with E-state index in [9.17, 15) is 14.0 Å². The molecule has 5 rings (SSSR count). The van der Waals surface area contributed by atoms with E-state index in [0.717, 1.165) is 16.7 Å². The fourth-order valence-corrected chi connectivity index (χ4v) is 5.19. The van der Waals surface area contributed by atoms with E-state index >= 15 is 0 Å². The lowest BCUT2D eigenvalue weighted by atomic mass is 10.1. The molecule has 0 aliphatic rings. The first-order valence-corrected chi connectivity index (χ1v) is 12.8. The van der Waals surface area contributed by atoms with Crippen LogP contribution in [0.1, 0.15) is 12.5 Å². The van der Waals surface area contributed by atoms with Crippen molar-refractivity contribution in [2.24, 2.45) is 7.05 Å². The molecule has 1 N–H and O–H groups in total. The number of fused-ring (bicyclic) bond motifs is 1. The Labute approximate surface area is 221 Å². The molecular weight excluding hydrogens is 503 g/mol. The van der Waals surface area contributed by atoms with Crippen LogP contribution in [0.5, 0.6) is 11.5 Å². The highest BCUT2D eigenvalue weighted by Crippen LogP contribution is 2.30. The molecule has 2 aromatic heterocycles. The number of nitrogens with one attached hydrogen (secondary N) is 1. The van der Waals surface area contributed by atoms with Crippen LogP contribution in [0.2, 0.25) is 0 Å². The van der Waals surface area contributed by atoms with Gasteiger partial charge in [0.15, 0.2) is 5.75 Å². The van der Waals surface area contributed by atoms with Gasteiger partial charge < -0.3 is 19.0 Å². The van der Waals surface area contributed by atoms with Crippen molar-refractivity contribution in [3.8, 4) is 22.8 Å². The van der Waals surface area contributed by atoms with Crippen LogP contribution in [0, 0.1) is 5.82 Å². The zero-order valence-corrected chi connectivity index (χ0v) is 21.7. The zero-order valence-electron chi connectivity index (χ0n) is 20.9. The molecule has 2 heterocycles. The molecule has 3 aromatic carbocycles. The van der Waals surface area contributed by atoms with Crippen molar-refractivity contribution < 1.29 is 13.9 Å². The number of hydrogen-bond donors (Lipinski definition) is 1. The summed E-state index contributed by atoms with van der Waals surface area (Å²) >= 11 is 1.33. The van der Waals surface area contributed by atoms with Gasteiger partial charge in [-0.25, -0.2) is 4.39 Å². The number of rotatable bonds is 7. The van der Waals surface area contributed by atoms with Crippen molar-refractivity contribution in [3.05, 3.63) is 114 Å². The number of nitrogens with zero attached hydrogens (tertiary/aromatic N) is 1. The van der Waals surface area contributed by atoms with Gasteiger partial charge in [0.2, 0.25) is 5.43 Å². The average molecular weight is 529 g/mol. The van der Waals surface area contributed by atoms with Crippen LogP contribution in [0.3, 0.4) is 0 Å². The molecule has 8 heteroatoms. The van der Waals surface area contributed by atoms with Crippen molar-refractivity contribution in [1.29, 1.82) is 0 Å². The first-order chi connectivity index (χ1) is 18.3. The highest BCUT2D eigenvalue weighted by atomic mass is 32.1. The number of aromatic nitrogens is 2. The lowest BCUT2D eigenvalue weighted by molar-refractivity contribution is 0.216. The first-order valence-electron chi connectivity index (χ1n) is 12.0. The van der Waals surface area contributed by atoms with Crippen molar-refractivity contribution in [3.63, 3.8) is 0 Å². The molecule has 0 bridgehead atoms. The van der Waals surface area contributed by atoms with E-state index in [1.54, 1.807) is 18.2 Å². The third-order valence-corrected chi connectivity index (χ3v) is 7.34. The largest absolute Gasteiger partial charge is 0.490 e. The zero-order chi connectivity index (χ0) is 26.8. The van der Waals surface area contributed by atoms with Crippen LogP contribution >= 0.6 is 11.3 Å². The molecule has 0 aliphatic heterocycles. The monoisotopic (exact) mass is 528 g/mol. The molecule has 5 aromatic rings. The maximum Gasteiger partial charge on any atom is 0.266 e. The molecule has 0 radical (unpaired) electrons. The number of benzene rings is 3. The minimum Gasteiger partial charge on any atom is -0.490 e. The van der Waals surface area contributed by atoms with Gasteiger partial charge in [-0.15, -0.1) is 11.3 Å². The third-order valence-electron chi connectivity index (χ3n) is 6.30. The predicted molar refractivity (Wildman–Crippen MR) is 150 cm³/mol. The van der Waals surface area contributed by atoms with Crippen LogP contribution in [0.25, 0.3) is 34.3 Å². The fraction of sp³-hybridized carbons (Fsp3) is 0.133. The molecule has 6 nitrogen and oxygen atoms in total. The van der Waals surface area contributed by atoms with Crippen LogP contribution in [0.4, 0.5) is 4.39 Å². The molecule has 0 unspecified atom stereocenters. The number of hydrogen-bond acceptors (Lipinski definition) is 5. The van der Waals surface area contributed by atoms with Gasteiger partial charge in [0, 0.05) is 18.0 Å². The summed E-state index contributed by atoms with van der Waals surface area (Å²) < 4.78 is 28.6. The highest BCUT2D eigenvalue weighted by Gasteiger charge is 2.18. The van der Waals surface area contributed by atoms with Crippen molar-refractivity contribution >= 4 is 34.4 Å². The second-order valence-electron chi connectivity index (χ2n) is 8.74. The second kappa shape index (κ2) is 10.5.